The van der Waals surface area contributed by atoms with Crippen molar-refractivity contribution in [3.8, 4) is 5.75 Å². The van der Waals surface area contributed by atoms with E-state index in [4.69, 9.17) is 4.74 Å². The second kappa shape index (κ2) is 10.00. The predicted molar refractivity (Wildman–Crippen MR) is 46.6 cm³/mol. The molecule has 0 saturated heterocycles. The van der Waals surface area contributed by atoms with Crippen LogP contribution in [0.1, 0.15) is 13.0 Å². The van der Waals surface area contributed by atoms with E-state index in [-0.39, 0.29) is 62.1 Å². The van der Waals surface area contributed by atoms with Crippen LogP contribution in [0.25, 0.3) is 0 Å². The third-order valence-corrected chi connectivity index (χ3v) is 1.60. The van der Waals surface area contributed by atoms with Gasteiger partial charge in [0.2, 0.25) is 0 Å². The van der Waals surface area contributed by atoms with Gasteiger partial charge in [-0.15, -0.1) is 0 Å². The van der Waals surface area contributed by atoms with Crippen molar-refractivity contribution in [1.82, 2.24) is 0 Å². The van der Waals surface area contributed by atoms with Crippen LogP contribution in [0, 0.1) is 0 Å². The summed E-state index contributed by atoms with van der Waals surface area (Å²) in [6, 6.07) is 8.08. The fourth-order valence-electron chi connectivity index (χ4n) is 1.08. The van der Waals surface area contributed by atoms with Crippen molar-refractivity contribution in [1.29, 1.82) is 0 Å². The zero-order valence-electron chi connectivity index (χ0n) is 6.66. The summed E-state index contributed by atoms with van der Waals surface area (Å²) in [6.45, 7) is 0. The molecule has 0 bridgehead atoms. The topological polar surface area (TPSA) is 9.23 Å². The predicted octanol–water partition coefficient (Wildman–Crippen LogP) is 2.76. The smallest absolute Gasteiger partial charge is 0.130 e. The Hall–Kier alpha value is 0.461. The number of para-hydroxylation sites is 1. The first-order valence-corrected chi connectivity index (χ1v) is 3.36. The Labute approximate surface area is 120 Å². The van der Waals surface area contributed by atoms with Gasteiger partial charge in [-0.2, -0.15) is 0 Å². The first-order valence-electron chi connectivity index (χ1n) is 3.36. The Morgan fingerprint density at radius 2 is 1.79 bits per heavy atom. The molecule has 14 heavy (non-hydrogen) atoms. The van der Waals surface area contributed by atoms with Gasteiger partial charge in [-0.1, -0.05) is 25.6 Å². The molecule has 0 N–H and O–H groups in total. The molecule has 1 aromatic rings. The number of benzene rings is 1. The molecule has 2 rings (SSSR count). The molecule has 0 amide bonds. The molecule has 82 valence electrons. The second-order valence-corrected chi connectivity index (χ2v) is 2.30. The molecule has 0 aliphatic carbocycles. The van der Waals surface area contributed by atoms with Crippen molar-refractivity contribution in [2.75, 3.05) is 0 Å². The van der Waals surface area contributed by atoms with Gasteiger partial charge in [-0.3, -0.25) is 0 Å². The number of allylic oxidation sites excluding steroid dienone is 1. The molecule has 1 aliphatic rings. The second-order valence-electron chi connectivity index (χ2n) is 2.30. The number of hydrogen-bond donors (Lipinski definition) is 0. The molecule has 4 heteroatoms. The first kappa shape index (κ1) is 19.9. The van der Waals surface area contributed by atoms with E-state index in [2.05, 4.69) is 6.07 Å². The van der Waals surface area contributed by atoms with E-state index >= 15 is 0 Å². The Bertz CT molecular complexity index is 252. The molecule has 0 saturated carbocycles. The fraction of sp³-hybridized carbons (Fsp3) is 0.200. The number of fused-ring (bicyclic) bond motifs is 1. The Kier molecular flexibility index (Phi) is 14.2. The summed E-state index contributed by atoms with van der Waals surface area (Å²) in [7, 11) is 0. The van der Waals surface area contributed by atoms with Gasteiger partial charge in [0, 0.05) is 54.6 Å². The molecular weight excluding hydrogens is 347 g/mol. The Morgan fingerprint density at radius 3 is 2.43 bits per heavy atom. The Morgan fingerprint density at radius 1 is 1.14 bits per heavy atom. The van der Waals surface area contributed by atoms with Crippen LogP contribution in [0.2, 0.25) is 0 Å². The monoisotopic (exact) mass is 360 g/mol. The van der Waals surface area contributed by atoms with Crippen LogP contribution in [0.15, 0.2) is 36.6 Å². The van der Waals surface area contributed by atoms with Crippen molar-refractivity contribution in [2.24, 2.45) is 0 Å². The molecule has 0 fully saturated rings. The summed E-state index contributed by atoms with van der Waals surface area (Å²) in [5.74, 6) is 0.991. The summed E-state index contributed by atoms with van der Waals surface area (Å²) in [5.41, 5.74) is 1.27. The van der Waals surface area contributed by atoms with E-state index in [1.54, 1.807) is 6.26 Å². The summed E-state index contributed by atoms with van der Waals surface area (Å²) < 4.78 is 5.24. The van der Waals surface area contributed by atoms with Gasteiger partial charge in [0.25, 0.3) is 0 Å². The van der Waals surface area contributed by atoms with E-state index in [9.17, 15) is 0 Å². The minimum Gasteiger partial charge on any atom is -0.465 e. The SMILES string of the molecule is C.C1=COc2ccccc2C1.[Fe].[Mo].[Ni]. The molecule has 0 atom stereocenters. The van der Waals surface area contributed by atoms with Crippen LogP contribution in [0.4, 0.5) is 0 Å². The normalized spacial score (nSPS) is 10.0. The van der Waals surface area contributed by atoms with Gasteiger partial charge < -0.3 is 4.74 Å². The molecule has 1 aromatic carbocycles. The summed E-state index contributed by atoms with van der Waals surface area (Å²) >= 11 is 0. The van der Waals surface area contributed by atoms with Crippen molar-refractivity contribution < 1.29 is 59.4 Å². The standard InChI is InChI=1S/C9H8O.CH4.Fe.Mo.Ni/c1-2-6-9-8(4-1)5-3-7-10-9;;;;/h1-4,6-7H,5H2;1H4;;;. The third-order valence-electron chi connectivity index (χ3n) is 1.60. The fourth-order valence-corrected chi connectivity index (χ4v) is 1.08. The maximum Gasteiger partial charge on any atom is 0.130 e. The zero-order valence-corrected chi connectivity index (χ0v) is 10.8. The quantitative estimate of drug-likeness (QED) is 0.648. The van der Waals surface area contributed by atoms with E-state index in [0.717, 1.165) is 12.2 Å². The minimum atomic E-state index is 0. The van der Waals surface area contributed by atoms with Gasteiger partial charge in [-0.05, 0) is 24.1 Å². The van der Waals surface area contributed by atoms with Gasteiger partial charge in [0.1, 0.15) is 5.75 Å². The van der Waals surface area contributed by atoms with Crippen molar-refractivity contribution in [3.05, 3.63) is 42.2 Å². The van der Waals surface area contributed by atoms with Crippen molar-refractivity contribution in [3.63, 3.8) is 0 Å². The van der Waals surface area contributed by atoms with Crippen molar-refractivity contribution in [2.45, 2.75) is 13.8 Å². The molecule has 0 aromatic heterocycles. The van der Waals surface area contributed by atoms with Crippen LogP contribution >= 0.6 is 0 Å². The molecule has 0 radical (unpaired) electrons. The minimum absolute atomic E-state index is 0. The summed E-state index contributed by atoms with van der Waals surface area (Å²) in [5, 5.41) is 0. The van der Waals surface area contributed by atoms with Crippen LogP contribution < -0.4 is 4.74 Å². The maximum atomic E-state index is 5.24. The third kappa shape index (κ3) is 4.80. The van der Waals surface area contributed by atoms with Crippen LogP contribution in [-0.4, -0.2) is 0 Å². The zero-order chi connectivity index (χ0) is 6.81. The molecule has 0 unspecified atom stereocenters. The molecular formula is C10H12FeMoNiO. The van der Waals surface area contributed by atoms with Crippen molar-refractivity contribution >= 4 is 0 Å². The van der Waals surface area contributed by atoms with Gasteiger partial charge >= 0.3 is 0 Å². The average Bonchev–Trinajstić information content (AvgIpc) is 2.05. The number of rotatable bonds is 0. The van der Waals surface area contributed by atoms with Gasteiger partial charge in [0.05, 0.1) is 6.26 Å². The molecule has 1 heterocycles. The van der Waals surface area contributed by atoms with Crippen LogP contribution in [-0.2, 0) is 61.0 Å². The number of ether oxygens (including phenoxy) is 1. The van der Waals surface area contributed by atoms with E-state index in [0.29, 0.717) is 0 Å². The molecule has 0 spiro atoms. The largest absolute Gasteiger partial charge is 0.465 e. The van der Waals surface area contributed by atoms with Gasteiger partial charge in [0.15, 0.2) is 0 Å². The van der Waals surface area contributed by atoms with E-state index in [1.165, 1.54) is 5.56 Å². The molecule has 1 nitrogen and oxygen atoms in total. The average molecular weight is 359 g/mol. The first-order chi connectivity index (χ1) is 4.97. The Balaban J connectivity index is -0.000000302. The van der Waals surface area contributed by atoms with Crippen LogP contribution in [0.3, 0.4) is 0 Å². The number of hydrogen-bond acceptors (Lipinski definition) is 1. The van der Waals surface area contributed by atoms with E-state index in [1.807, 2.05) is 24.3 Å². The van der Waals surface area contributed by atoms with E-state index < -0.39 is 0 Å². The molecule has 1 aliphatic heterocycles. The maximum absolute atomic E-state index is 5.24. The van der Waals surface area contributed by atoms with Crippen LogP contribution in [0.5, 0.6) is 5.75 Å². The summed E-state index contributed by atoms with van der Waals surface area (Å²) in [6.07, 6.45) is 4.75. The van der Waals surface area contributed by atoms with Gasteiger partial charge in [-0.25, -0.2) is 0 Å². The summed E-state index contributed by atoms with van der Waals surface area (Å²) in [4.78, 5) is 0.